The lowest BCUT2D eigenvalue weighted by Crippen LogP contribution is -2.34. The maximum Gasteiger partial charge on any atom is 0.100 e. The number of para-hydroxylation sites is 1. The smallest absolute Gasteiger partial charge is 0.100 e. The Hall–Kier alpha value is -1.81. The van der Waals surface area contributed by atoms with Gasteiger partial charge in [-0.3, -0.25) is 4.84 Å². The minimum atomic E-state index is -0.00752. The fourth-order valence-electron chi connectivity index (χ4n) is 3.62. The first-order chi connectivity index (χ1) is 11.7. The van der Waals surface area contributed by atoms with Crippen LogP contribution in [0.4, 0.5) is 5.69 Å². The lowest BCUT2D eigenvalue weighted by Gasteiger charge is -2.39. The van der Waals surface area contributed by atoms with Crippen LogP contribution in [-0.4, -0.2) is 0 Å². The summed E-state index contributed by atoms with van der Waals surface area (Å²) in [5, 5.41) is 2.76. The molecule has 0 amide bonds. The van der Waals surface area contributed by atoms with Crippen molar-refractivity contribution in [2.75, 3.05) is 5.06 Å². The summed E-state index contributed by atoms with van der Waals surface area (Å²) < 4.78 is 0. The highest BCUT2D eigenvalue weighted by Gasteiger charge is 2.32. The zero-order chi connectivity index (χ0) is 16.5. The molecule has 2 aromatic carbocycles. The summed E-state index contributed by atoms with van der Waals surface area (Å²) in [5.74, 6) is 0. The summed E-state index contributed by atoms with van der Waals surface area (Å²) in [4.78, 5) is 6.23. The lowest BCUT2D eigenvalue weighted by atomic mass is 9.84. The zero-order valence-corrected chi connectivity index (χ0v) is 14.3. The molecule has 2 aliphatic rings. The molecular weight excluding hydrogens is 320 g/mol. The van der Waals surface area contributed by atoms with E-state index in [0.29, 0.717) is 6.61 Å². The number of nitrogens with two attached hydrogens (primary N) is 1. The highest BCUT2D eigenvalue weighted by molar-refractivity contribution is 6.30. The summed E-state index contributed by atoms with van der Waals surface area (Å²) >= 11 is 5.96. The minimum Gasteiger partial charge on any atom is -0.320 e. The summed E-state index contributed by atoms with van der Waals surface area (Å²) in [6, 6.07) is 16.1. The fourth-order valence-corrected chi connectivity index (χ4v) is 3.74. The molecule has 0 fully saturated rings. The van der Waals surface area contributed by atoms with Crippen molar-refractivity contribution >= 4 is 17.3 Å². The van der Waals surface area contributed by atoms with Crippen LogP contribution in [0.1, 0.15) is 42.9 Å². The van der Waals surface area contributed by atoms with Crippen LogP contribution >= 0.6 is 11.6 Å². The highest BCUT2D eigenvalue weighted by atomic mass is 35.5. The van der Waals surface area contributed by atoms with Gasteiger partial charge in [-0.25, -0.2) is 5.06 Å². The van der Waals surface area contributed by atoms with Crippen molar-refractivity contribution in [3.05, 3.63) is 76.0 Å². The third-order valence-corrected chi connectivity index (χ3v) is 5.12. The number of anilines is 1. The topological polar surface area (TPSA) is 38.5 Å². The molecular formula is C20H21ClN2O. The highest BCUT2D eigenvalue weighted by Crippen LogP contribution is 2.44. The molecule has 0 saturated carbocycles. The maximum atomic E-state index is 6.53. The maximum absolute atomic E-state index is 6.53. The number of nitrogens with zero attached hydrogens (tertiary/aromatic N) is 1. The third-order valence-electron chi connectivity index (χ3n) is 4.87. The molecule has 0 saturated heterocycles. The summed E-state index contributed by atoms with van der Waals surface area (Å²) in [6.45, 7) is 0.511. The van der Waals surface area contributed by atoms with Crippen molar-refractivity contribution in [3.63, 3.8) is 0 Å². The van der Waals surface area contributed by atoms with Gasteiger partial charge in [0.25, 0.3) is 0 Å². The molecule has 0 spiro atoms. The second-order valence-corrected chi connectivity index (χ2v) is 6.85. The van der Waals surface area contributed by atoms with Gasteiger partial charge < -0.3 is 5.73 Å². The quantitative estimate of drug-likeness (QED) is 0.842. The molecule has 1 atom stereocenters. The first kappa shape index (κ1) is 15.7. The van der Waals surface area contributed by atoms with Gasteiger partial charge in [-0.15, -0.1) is 0 Å². The first-order valence-corrected chi connectivity index (χ1v) is 8.86. The van der Waals surface area contributed by atoms with E-state index in [-0.39, 0.29) is 6.04 Å². The predicted octanol–water partition coefficient (Wildman–Crippen LogP) is 5.12. The Bertz CT molecular complexity index is 769. The number of halogens is 1. The monoisotopic (exact) mass is 340 g/mol. The van der Waals surface area contributed by atoms with E-state index in [0.717, 1.165) is 34.7 Å². The van der Waals surface area contributed by atoms with Crippen LogP contribution in [0.5, 0.6) is 0 Å². The van der Waals surface area contributed by atoms with Gasteiger partial charge in [0.15, 0.2) is 0 Å². The Morgan fingerprint density at radius 3 is 2.62 bits per heavy atom. The second-order valence-electron chi connectivity index (χ2n) is 6.41. The van der Waals surface area contributed by atoms with Gasteiger partial charge in [-0.1, -0.05) is 41.9 Å². The number of fused-ring (bicyclic) bond motifs is 1. The SMILES string of the molecule is NC1C2=C(CCCC2)N(OCc2ccc(Cl)cc2)c2ccccc21. The average Bonchev–Trinajstić information content (AvgIpc) is 2.63. The van der Waals surface area contributed by atoms with Crippen molar-refractivity contribution in [1.82, 2.24) is 0 Å². The summed E-state index contributed by atoms with van der Waals surface area (Å²) in [5.41, 5.74) is 12.4. The number of hydrogen-bond acceptors (Lipinski definition) is 3. The molecule has 4 heteroatoms. The molecule has 0 radical (unpaired) electrons. The van der Waals surface area contributed by atoms with E-state index in [1.54, 1.807) is 0 Å². The number of rotatable bonds is 3. The van der Waals surface area contributed by atoms with Crippen molar-refractivity contribution in [2.24, 2.45) is 5.73 Å². The Morgan fingerprint density at radius 1 is 1.04 bits per heavy atom. The summed E-state index contributed by atoms with van der Waals surface area (Å²) in [6.07, 6.45) is 4.48. The van der Waals surface area contributed by atoms with E-state index < -0.39 is 0 Å². The molecule has 1 heterocycles. The molecule has 24 heavy (non-hydrogen) atoms. The van der Waals surface area contributed by atoms with Crippen LogP contribution in [-0.2, 0) is 11.4 Å². The molecule has 1 aliphatic carbocycles. The van der Waals surface area contributed by atoms with Crippen molar-refractivity contribution in [2.45, 2.75) is 38.3 Å². The number of hydroxylamine groups is 1. The Kier molecular flexibility index (Phi) is 4.31. The van der Waals surface area contributed by atoms with E-state index in [4.69, 9.17) is 22.2 Å². The Balaban J connectivity index is 1.65. The van der Waals surface area contributed by atoms with Crippen LogP contribution in [0.2, 0.25) is 5.02 Å². The molecule has 2 aromatic rings. The molecule has 124 valence electrons. The molecule has 1 unspecified atom stereocenters. The molecule has 0 aromatic heterocycles. The van der Waals surface area contributed by atoms with Gasteiger partial charge in [0, 0.05) is 10.7 Å². The molecule has 1 aliphatic heterocycles. The normalized spacial score (nSPS) is 19.9. The molecule has 4 rings (SSSR count). The molecule has 3 nitrogen and oxygen atoms in total. The lowest BCUT2D eigenvalue weighted by molar-refractivity contribution is 0.105. The molecule has 0 bridgehead atoms. The van der Waals surface area contributed by atoms with Gasteiger partial charge in [0.2, 0.25) is 0 Å². The van der Waals surface area contributed by atoms with Crippen LogP contribution < -0.4 is 10.8 Å². The second kappa shape index (κ2) is 6.60. The van der Waals surface area contributed by atoms with E-state index >= 15 is 0 Å². The van der Waals surface area contributed by atoms with Crippen LogP contribution in [0.25, 0.3) is 0 Å². The van der Waals surface area contributed by atoms with Gasteiger partial charge in [0.05, 0.1) is 11.7 Å². The third kappa shape index (κ3) is 2.84. The van der Waals surface area contributed by atoms with Crippen LogP contribution in [0.15, 0.2) is 59.8 Å². The fraction of sp³-hybridized carbons (Fsp3) is 0.300. The zero-order valence-electron chi connectivity index (χ0n) is 13.5. The minimum absolute atomic E-state index is 0.00752. The van der Waals surface area contributed by atoms with Gasteiger partial charge in [-0.05, 0) is 60.6 Å². The van der Waals surface area contributed by atoms with E-state index in [2.05, 4.69) is 12.1 Å². The van der Waals surface area contributed by atoms with Crippen LogP contribution in [0.3, 0.4) is 0 Å². The Morgan fingerprint density at radius 2 is 1.79 bits per heavy atom. The first-order valence-electron chi connectivity index (χ1n) is 8.48. The van der Waals surface area contributed by atoms with Crippen LogP contribution in [0, 0.1) is 0 Å². The number of benzene rings is 2. The van der Waals surface area contributed by atoms with E-state index in [9.17, 15) is 0 Å². The van der Waals surface area contributed by atoms with Crippen molar-refractivity contribution < 1.29 is 4.84 Å². The van der Waals surface area contributed by atoms with E-state index in [1.807, 2.05) is 41.5 Å². The van der Waals surface area contributed by atoms with Crippen molar-refractivity contribution in [3.8, 4) is 0 Å². The molecule has 2 N–H and O–H groups in total. The Labute approximate surface area is 147 Å². The average molecular weight is 341 g/mol. The number of allylic oxidation sites excluding steroid dienone is 1. The van der Waals surface area contributed by atoms with Gasteiger partial charge in [-0.2, -0.15) is 0 Å². The number of hydrogen-bond donors (Lipinski definition) is 1. The van der Waals surface area contributed by atoms with Crippen molar-refractivity contribution in [1.29, 1.82) is 0 Å². The van der Waals surface area contributed by atoms with Gasteiger partial charge >= 0.3 is 0 Å². The predicted molar refractivity (Wildman–Crippen MR) is 97.6 cm³/mol. The standard InChI is InChI=1S/C20H21ClN2O/c21-15-11-9-14(10-12-15)13-24-23-18-7-3-1-5-16(18)20(22)17-6-2-4-8-19(17)23/h1,3,5,7,9-12,20H,2,4,6,8,13,22H2. The largest absolute Gasteiger partial charge is 0.320 e. The van der Waals surface area contributed by atoms with E-state index in [1.165, 1.54) is 24.1 Å². The van der Waals surface area contributed by atoms with Gasteiger partial charge in [0.1, 0.15) is 6.61 Å². The summed E-state index contributed by atoms with van der Waals surface area (Å²) in [7, 11) is 0.